The highest BCUT2D eigenvalue weighted by Crippen LogP contribution is 2.42. The lowest BCUT2D eigenvalue weighted by Crippen LogP contribution is -2.31. The van der Waals surface area contributed by atoms with E-state index in [1.54, 1.807) is 18.2 Å². The molecule has 0 saturated heterocycles. The first kappa shape index (κ1) is 33.6. The molecule has 0 aromatic heterocycles. The molecule has 2 aromatic rings. The third kappa shape index (κ3) is 9.34. The first-order valence-electron chi connectivity index (χ1n) is 14.2. The summed E-state index contributed by atoms with van der Waals surface area (Å²) >= 11 is 0. The van der Waals surface area contributed by atoms with Crippen LogP contribution >= 0.6 is 0 Å². The number of hydrogen-bond acceptors (Lipinski definition) is 10. The average molecular weight is 637 g/mol. The molecular formula is C32H32N2O12. The van der Waals surface area contributed by atoms with E-state index in [1.807, 2.05) is 0 Å². The molecule has 1 aliphatic carbocycles. The molecular weight excluding hydrogens is 604 g/mol. The van der Waals surface area contributed by atoms with Gasteiger partial charge in [-0.25, -0.2) is 4.79 Å². The third-order valence-electron chi connectivity index (χ3n) is 6.55. The van der Waals surface area contributed by atoms with Gasteiger partial charge in [0.1, 0.15) is 17.1 Å². The van der Waals surface area contributed by atoms with E-state index < -0.39 is 17.8 Å². The Balaban J connectivity index is 1.37. The number of carboxylic acid groups (broad SMARTS) is 2. The number of rotatable bonds is 19. The third-order valence-corrected chi connectivity index (χ3v) is 6.55. The zero-order valence-electron chi connectivity index (χ0n) is 24.6. The Kier molecular flexibility index (Phi) is 12.2. The maximum Gasteiger partial charge on any atom is 0.336 e. The van der Waals surface area contributed by atoms with Gasteiger partial charge in [-0.2, -0.15) is 0 Å². The van der Waals surface area contributed by atoms with Gasteiger partial charge in [0.2, 0.25) is 6.41 Å². The molecule has 4 N–H and O–H groups in total. The number of aromatic carboxylic acids is 1. The van der Waals surface area contributed by atoms with Gasteiger partial charge in [-0.05, 0) is 48.0 Å². The molecule has 14 heteroatoms. The van der Waals surface area contributed by atoms with Crippen LogP contribution in [0.1, 0.15) is 16.8 Å². The number of hydrogen-bond donors (Lipinski definition) is 4. The standard InChI is InChI=1S/C32H32N2O12/c35-19-34-20-1-4-23(32(40)41)26(15-20)31-24-5-2-21(36)16-27(24)46-28-17-22(3-6-25(28)31)45-18-29(37)33-8-10-43-12-14-44-13-11-42-9-7-30(38)39/h1-6,15-17,19H,7-14,18H2,(H,33,37)(H,34,35)(H,38,39)(H,40,41). The molecule has 0 unspecified atom stereocenters. The predicted octanol–water partition coefficient (Wildman–Crippen LogP) is 2.85. The minimum absolute atomic E-state index is 0.0236. The molecule has 0 fully saturated rings. The summed E-state index contributed by atoms with van der Waals surface area (Å²) in [5.74, 6) is -1.99. The predicted molar refractivity (Wildman–Crippen MR) is 164 cm³/mol. The average Bonchev–Trinajstić information content (AvgIpc) is 3.02. The van der Waals surface area contributed by atoms with Crippen LogP contribution in [0, 0.1) is 0 Å². The number of carbonyl (C=O) groups excluding carboxylic acids is 2. The molecule has 2 aromatic carbocycles. The van der Waals surface area contributed by atoms with Crippen molar-refractivity contribution in [2.45, 2.75) is 6.42 Å². The van der Waals surface area contributed by atoms with Gasteiger partial charge >= 0.3 is 11.9 Å². The number of anilines is 1. The van der Waals surface area contributed by atoms with Crippen molar-refractivity contribution in [2.75, 3.05) is 58.1 Å². The SMILES string of the molecule is O=CNc1ccc(C(=O)O)c(-c2c3ccc(=O)cc-3oc3cc(OCC(=O)NCCOCCOCCOCCC(=O)O)ccc23)c1. The van der Waals surface area contributed by atoms with Crippen LogP contribution in [0.2, 0.25) is 0 Å². The summed E-state index contributed by atoms with van der Waals surface area (Å²) in [4.78, 5) is 58.1. The van der Waals surface area contributed by atoms with Crippen molar-refractivity contribution in [1.82, 2.24) is 5.32 Å². The molecule has 1 heterocycles. The molecule has 14 nitrogen and oxygen atoms in total. The number of amides is 2. The number of benzene rings is 3. The van der Waals surface area contributed by atoms with Gasteiger partial charge in [-0.3, -0.25) is 19.2 Å². The Hall–Kier alpha value is -5.31. The van der Waals surface area contributed by atoms with Crippen molar-refractivity contribution in [3.8, 4) is 28.2 Å². The Bertz CT molecular complexity index is 1720. The van der Waals surface area contributed by atoms with Crippen LogP contribution in [0.4, 0.5) is 5.69 Å². The van der Waals surface area contributed by atoms with E-state index in [0.29, 0.717) is 59.7 Å². The van der Waals surface area contributed by atoms with E-state index in [1.165, 1.54) is 36.4 Å². The van der Waals surface area contributed by atoms with Gasteiger partial charge < -0.3 is 44.2 Å². The lowest BCUT2D eigenvalue weighted by atomic mass is 9.90. The molecule has 1 aliphatic heterocycles. The number of aliphatic carboxylic acids is 1. The van der Waals surface area contributed by atoms with Crippen LogP contribution in [0.15, 0.2) is 63.8 Å². The highest BCUT2D eigenvalue weighted by Gasteiger charge is 2.22. The quantitative estimate of drug-likeness (QED) is 0.0667. The summed E-state index contributed by atoms with van der Waals surface area (Å²) in [6.07, 6.45) is 0.424. The normalized spacial score (nSPS) is 11.0. The van der Waals surface area contributed by atoms with Gasteiger partial charge in [-0.1, -0.05) is 0 Å². The molecule has 0 radical (unpaired) electrons. The Morgan fingerprint density at radius 2 is 1.57 bits per heavy atom. The van der Waals surface area contributed by atoms with Crippen LogP contribution < -0.4 is 20.8 Å². The van der Waals surface area contributed by atoms with Gasteiger partial charge in [0.25, 0.3) is 5.91 Å². The smallest absolute Gasteiger partial charge is 0.336 e. The molecule has 242 valence electrons. The second-order valence-electron chi connectivity index (χ2n) is 9.74. The molecule has 4 rings (SSSR count). The number of nitrogens with one attached hydrogen (secondary N) is 2. The highest BCUT2D eigenvalue weighted by atomic mass is 16.5. The second kappa shape index (κ2) is 16.7. The number of carboxylic acids is 2. The summed E-state index contributed by atoms with van der Waals surface area (Å²) in [5, 5.41) is 24.2. The molecule has 0 bridgehead atoms. The van der Waals surface area contributed by atoms with Gasteiger partial charge in [-0.15, -0.1) is 0 Å². The van der Waals surface area contributed by atoms with E-state index in [9.17, 15) is 29.1 Å². The summed E-state index contributed by atoms with van der Waals surface area (Å²) < 4.78 is 27.5. The van der Waals surface area contributed by atoms with Crippen molar-refractivity contribution in [3.05, 3.63) is 70.4 Å². The number of ether oxygens (including phenoxy) is 4. The fraction of sp³-hybridized carbons (Fsp3) is 0.281. The fourth-order valence-corrected chi connectivity index (χ4v) is 4.49. The molecule has 0 spiro atoms. The molecule has 0 atom stereocenters. The minimum Gasteiger partial charge on any atom is -0.484 e. The van der Waals surface area contributed by atoms with Gasteiger partial charge in [0.15, 0.2) is 12.0 Å². The summed E-state index contributed by atoms with van der Waals surface area (Å²) in [6.45, 7) is 1.53. The fourth-order valence-electron chi connectivity index (χ4n) is 4.49. The van der Waals surface area contributed by atoms with Crippen molar-refractivity contribution >= 4 is 40.9 Å². The maximum absolute atomic E-state index is 12.3. The summed E-state index contributed by atoms with van der Waals surface area (Å²) in [6, 6.07) is 13.4. The lowest BCUT2D eigenvalue weighted by Gasteiger charge is -2.18. The van der Waals surface area contributed by atoms with Gasteiger partial charge in [0, 0.05) is 40.9 Å². The van der Waals surface area contributed by atoms with E-state index in [-0.39, 0.29) is 61.7 Å². The minimum atomic E-state index is -1.18. The maximum atomic E-state index is 12.3. The zero-order valence-corrected chi connectivity index (χ0v) is 24.6. The topological polar surface area (TPSA) is 200 Å². The van der Waals surface area contributed by atoms with Crippen molar-refractivity contribution in [3.63, 3.8) is 0 Å². The highest BCUT2D eigenvalue weighted by molar-refractivity contribution is 6.08. The van der Waals surface area contributed by atoms with Gasteiger partial charge in [0.05, 0.1) is 51.6 Å². The lowest BCUT2D eigenvalue weighted by molar-refractivity contribution is -0.138. The Labute approximate surface area is 262 Å². The van der Waals surface area contributed by atoms with Crippen LogP contribution in [-0.4, -0.2) is 87.3 Å². The molecule has 2 aliphatic rings. The number of fused-ring (bicyclic) bond motifs is 2. The van der Waals surface area contributed by atoms with E-state index in [0.717, 1.165) is 0 Å². The molecule has 46 heavy (non-hydrogen) atoms. The van der Waals surface area contributed by atoms with Crippen LogP contribution in [0.3, 0.4) is 0 Å². The monoisotopic (exact) mass is 636 g/mol. The Morgan fingerprint density at radius 1 is 0.826 bits per heavy atom. The van der Waals surface area contributed by atoms with E-state index in [4.69, 9.17) is 28.5 Å². The molecule has 0 saturated carbocycles. The Morgan fingerprint density at radius 3 is 2.28 bits per heavy atom. The summed E-state index contributed by atoms with van der Waals surface area (Å²) in [7, 11) is 0. The van der Waals surface area contributed by atoms with Crippen LogP contribution in [0.25, 0.3) is 33.4 Å². The second-order valence-corrected chi connectivity index (χ2v) is 9.74. The zero-order chi connectivity index (χ0) is 32.9. The molecule has 2 amide bonds. The number of carbonyl (C=O) groups is 4. The van der Waals surface area contributed by atoms with Crippen molar-refractivity contribution in [2.24, 2.45) is 0 Å². The first-order valence-corrected chi connectivity index (χ1v) is 14.2. The van der Waals surface area contributed by atoms with Crippen molar-refractivity contribution < 1.29 is 52.8 Å². The van der Waals surface area contributed by atoms with E-state index in [2.05, 4.69) is 10.6 Å². The first-order chi connectivity index (χ1) is 22.3. The van der Waals surface area contributed by atoms with Crippen molar-refractivity contribution in [1.29, 1.82) is 0 Å². The van der Waals surface area contributed by atoms with E-state index >= 15 is 0 Å². The largest absolute Gasteiger partial charge is 0.484 e. The summed E-state index contributed by atoms with van der Waals surface area (Å²) in [5.41, 5.74) is 1.58. The van der Waals surface area contributed by atoms with Crippen LogP contribution in [0.5, 0.6) is 5.75 Å². The van der Waals surface area contributed by atoms with Crippen LogP contribution in [-0.2, 0) is 28.6 Å².